The third-order valence-corrected chi connectivity index (χ3v) is 4.15. The lowest BCUT2D eigenvalue weighted by molar-refractivity contribution is 0.115. The van der Waals surface area contributed by atoms with Gasteiger partial charge in [-0.1, -0.05) is 12.1 Å². The first-order valence-corrected chi connectivity index (χ1v) is 6.77. The Morgan fingerprint density at radius 3 is 2.22 bits per heavy atom. The SMILES string of the molecule is CC(c1ccc(O)cc1)N1CCC(N(C)C)CC1. The van der Waals surface area contributed by atoms with Crippen molar-refractivity contribution in [1.82, 2.24) is 9.80 Å². The maximum Gasteiger partial charge on any atom is 0.115 e. The van der Waals surface area contributed by atoms with Gasteiger partial charge in [-0.3, -0.25) is 4.90 Å². The Bertz CT molecular complexity index is 367. The van der Waals surface area contributed by atoms with Gasteiger partial charge in [-0.2, -0.15) is 0 Å². The van der Waals surface area contributed by atoms with Crippen LogP contribution in [-0.2, 0) is 0 Å². The third kappa shape index (κ3) is 3.03. The summed E-state index contributed by atoms with van der Waals surface area (Å²) in [6.07, 6.45) is 2.49. The summed E-state index contributed by atoms with van der Waals surface area (Å²) >= 11 is 0. The highest BCUT2D eigenvalue weighted by atomic mass is 16.3. The van der Waals surface area contributed by atoms with Gasteiger partial charge in [0.05, 0.1) is 0 Å². The minimum Gasteiger partial charge on any atom is -0.508 e. The minimum absolute atomic E-state index is 0.345. The molecule has 18 heavy (non-hydrogen) atoms. The van der Waals surface area contributed by atoms with Crippen LogP contribution in [0.4, 0.5) is 0 Å². The number of hydrogen-bond donors (Lipinski definition) is 1. The maximum atomic E-state index is 9.33. The fourth-order valence-electron chi connectivity index (χ4n) is 2.75. The van der Waals surface area contributed by atoms with E-state index in [0.29, 0.717) is 11.8 Å². The first-order valence-electron chi connectivity index (χ1n) is 6.77. The highest BCUT2D eigenvalue weighted by Crippen LogP contribution is 2.26. The third-order valence-electron chi connectivity index (χ3n) is 4.15. The average Bonchev–Trinajstić information content (AvgIpc) is 2.39. The van der Waals surface area contributed by atoms with Gasteiger partial charge in [0.1, 0.15) is 5.75 Å². The Balaban J connectivity index is 1.95. The Labute approximate surface area is 110 Å². The summed E-state index contributed by atoms with van der Waals surface area (Å²) in [5, 5.41) is 9.33. The fraction of sp³-hybridized carbons (Fsp3) is 0.600. The molecule has 1 N–H and O–H groups in total. The van der Waals surface area contributed by atoms with Gasteiger partial charge in [0.15, 0.2) is 0 Å². The van der Waals surface area contributed by atoms with E-state index in [1.54, 1.807) is 12.1 Å². The minimum atomic E-state index is 0.345. The first-order chi connectivity index (χ1) is 8.58. The molecule has 1 atom stereocenters. The van der Waals surface area contributed by atoms with E-state index in [2.05, 4.69) is 30.8 Å². The van der Waals surface area contributed by atoms with E-state index in [4.69, 9.17) is 0 Å². The van der Waals surface area contributed by atoms with Crippen LogP contribution in [0.1, 0.15) is 31.4 Å². The summed E-state index contributed by atoms with van der Waals surface area (Å²) in [4.78, 5) is 4.87. The molecule has 1 fully saturated rings. The molecule has 0 aromatic heterocycles. The summed E-state index contributed by atoms with van der Waals surface area (Å²) in [5.41, 5.74) is 1.29. The molecule has 1 aromatic rings. The van der Waals surface area contributed by atoms with E-state index < -0.39 is 0 Å². The molecule has 0 aliphatic carbocycles. The smallest absolute Gasteiger partial charge is 0.115 e. The summed E-state index contributed by atoms with van der Waals surface area (Å²) < 4.78 is 0. The number of phenols is 1. The molecule has 0 saturated carbocycles. The van der Waals surface area contributed by atoms with E-state index >= 15 is 0 Å². The van der Waals surface area contributed by atoms with Crippen molar-refractivity contribution in [1.29, 1.82) is 0 Å². The number of phenolic OH excluding ortho intramolecular Hbond substituents is 1. The van der Waals surface area contributed by atoms with E-state index in [1.807, 2.05) is 12.1 Å². The van der Waals surface area contributed by atoms with Gasteiger partial charge in [0.2, 0.25) is 0 Å². The van der Waals surface area contributed by atoms with Crippen molar-refractivity contribution in [3.8, 4) is 5.75 Å². The Kier molecular flexibility index (Phi) is 4.25. The lowest BCUT2D eigenvalue weighted by Crippen LogP contribution is -2.42. The molecule has 3 heteroatoms. The maximum absolute atomic E-state index is 9.33. The molecule has 100 valence electrons. The molecule has 1 aliphatic rings. The second-order valence-corrected chi connectivity index (χ2v) is 5.50. The summed E-state index contributed by atoms with van der Waals surface area (Å²) in [6, 6.07) is 8.77. The topological polar surface area (TPSA) is 26.7 Å². The highest BCUT2D eigenvalue weighted by Gasteiger charge is 2.24. The summed E-state index contributed by atoms with van der Waals surface area (Å²) in [5.74, 6) is 0.345. The number of nitrogens with zero attached hydrogens (tertiary/aromatic N) is 2. The van der Waals surface area contributed by atoms with Crippen molar-refractivity contribution in [3.05, 3.63) is 29.8 Å². The molecule has 1 aromatic carbocycles. The Morgan fingerprint density at radius 2 is 1.72 bits per heavy atom. The van der Waals surface area contributed by atoms with Crippen LogP contribution in [0.3, 0.4) is 0 Å². The monoisotopic (exact) mass is 248 g/mol. The molecule has 1 aliphatic heterocycles. The van der Waals surface area contributed by atoms with Crippen molar-refractivity contribution < 1.29 is 5.11 Å². The molecular weight excluding hydrogens is 224 g/mol. The highest BCUT2D eigenvalue weighted by molar-refractivity contribution is 5.27. The van der Waals surface area contributed by atoms with Gasteiger partial charge in [-0.15, -0.1) is 0 Å². The van der Waals surface area contributed by atoms with Gasteiger partial charge in [0.25, 0.3) is 0 Å². The number of piperidine rings is 1. The van der Waals surface area contributed by atoms with Gasteiger partial charge in [-0.25, -0.2) is 0 Å². The first kappa shape index (κ1) is 13.4. The Morgan fingerprint density at radius 1 is 1.17 bits per heavy atom. The second kappa shape index (κ2) is 5.72. The van der Waals surface area contributed by atoms with Gasteiger partial charge >= 0.3 is 0 Å². The molecule has 1 unspecified atom stereocenters. The van der Waals surface area contributed by atoms with Crippen molar-refractivity contribution in [2.45, 2.75) is 31.8 Å². The predicted molar refractivity (Wildman–Crippen MR) is 74.8 cm³/mol. The molecule has 1 saturated heterocycles. The Hall–Kier alpha value is -1.06. The van der Waals surface area contributed by atoms with E-state index in [0.717, 1.165) is 19.1 Å². The zero-order valence-electron chi connectivity index (χ0n) is 11.6. The summed E-state index contributed by atoms with van der Waals surface area (Å²) in [7, 11) is 4.34. The number of likely N-dealkylation sites (tertiary alicyclic amines) is 1. The quantitative estimate of drug-likeness (QED) is 0.890. The molecule has 0 radical (unpaired) electrons. The van der Waals surface area contributed by atoms with Crippen LogP contribution in [0.25, 0.3) is 0 Å². The average molecular weight is 248 g/mol. The number of rotatable bonds is 3. The van der Waals surface area contributed by atoms with Crippen LogP contribution in [0.2, 0.25) is 0 Å². The lowest BCUT2D eigenvalue weighted by atomic mass is 9.99. The van der Waals surface area contributed by atoms with Crippen LogP contribution in [-0.4, -0.2) is 48.1 Å². The number of aromatic hydroxyl groups is 1. The molecule has 0 amide bonds. The van der Waals surface area contributed by atoms with Gasteiger partial charge < -0.3 is 10.0 Å². The summed E-state index contributed by atoms with van der Waals surface area (Å²) in [6.45, 7) is 4.57. The zero-order chi connectivity index (χ0) is 13.1. The van der Waals surface area contributed by atoms with Crippen LogP contribution < -0.4 is 0 Å². The lowest BCUT2D eigenvalue weighted by Gasteiger charge is -2.38. The van der Waals surface area contributed by atoms with Crippen LogP contribution in [0.5, 0.6) is 5.75 Å². The molecule has 1 heterocycles. The number of hydrogen-bond acceptors (Lipinski definition) is 3. The standard InChI is InChI=1S/C15H24N2O/c1-12(13-4-6-15(18)7-5-13)17-10-8-14(9-11-17)16(2)3/h4-7,12,14,18H,8-11H2,1-3H3. The largest absolute Gasteiger partial charge is 0.508 e. The predicted octanol–water partition coefficient (Wildman–Crippen LogP) is 2.48. The van der Waals surface area contributed by atoms with E-state index in [9.17, 15) is 5.11 Å². The molecular formula is C15H24N2O. The van der Waals surface area contributed by atoms with Crippen LogP contribution in [0.15, 0.2) is 24.3 Å². The fourth-order valence-corrected chi connectivity index (χ4v) is 2.75. The normalized spacial score (nSPS) is 20.2. The van der Waals surface area contributed by atoms with Crippen LogP contribution >= 0.6 is 0 Å². The van der Waals surface area contributed by atoms with Crippen molar-refractivity contribution in [3.63, 3.8) is 0 Å². The van der Waals surface area contributed by atoms with Gasteiger partial charge in [0, 0.05) is 25.2 Å². The molecule has 2 rings (SSSR count). The van der Waals surface area contributed by atoms with E-state index in [1.165, 1.54) is 18.4 Å². The zero-order valence-corrected chi connectivity index (χ0v) is 11.6. The second-order valence-electron chi connectivity index (χ2n) is 5.50. The van der Waals surface area contributed by atoms with Crippen molar-refractivity contribution in [2.24, 2.45) is 0 Å². The van der Waals surface area contributed by atoms with Crippen LogP contribution in [0, 0.1) is 0 Å². The molecule has 0 bridgehead atoms. The van der Waals surface area contributed by atoms with E-state index in [-0.39, 0.29) is 0 Å². The number of benzene rings is 1. The molecule has 0 spiro atoms. The molecule has 3 nitrogen and oxygen atoms in total. The van der Waals surface area contributed by atoms with Crippen molar-refractivity contribution >= 4 is 0 Å². The van der Waals surface area contributed by atoms with Crippen molar-refractivity contribution in [2.75, 3.05) is 27.2 Å². The van der Waals surface area contributed by atoms with Gasteiger partial charge in [-0.05, 0) is 51.6 Å².